The van der Waals surface area contributed by atoms with Gasteiger partial charge in [0.05, 0.1) is 12.7 Å². The smallest absolute Gasteiger partial charge is 0.269 e. The van der Waals surface area contributed by atoms with Gasteiger partial charge in [-0.1, -0.05) is 46.9 Å². The number of amides is 2. The summed E-state index contributed by atoms with van der Waals surface area (Å²) >= 11 is 2.19. The number of halogens is 1. The van der Waals surface area contributed by atoms with Crippen molar-refractivity contribution < 1.29 is 19.1 Å². The van der Waals surface area contributed by atoms with Gasteiger partial charge >= 0.3 is 0 Å². The number of hydrogen-bond donors (Lipinski definition) is 5. The molecule has 0 radical (unpaired) electrons. The molecule has 0 heterocycles. The lowest BCUT2D eigenvalue weighted by atomic mass is 10.0. The second-order valence-electron chi connectivity index (χ2n) is 8.61. The van der Waals surface area contributed by atoms with Crippen LogP contribution in [0.15, 0.2) is 66.7 Å². The van der Waals surface area contributed by atoms with E-state index in [0.29, 0.717) is 44.9 Å². The SMILES string of the molecule is CCOc1cc(C(Nc2ccc(C(=N)N)cc2)C(=O)NNC(=O)c2ccccc2CI)ccc1OC(C)C. The third-order valence-electron chi connectivity index (χ3n) is 5.44. The third kappa shape index (κ3) is 7.60. The van der Waals surface area contributed by atoms with Crippen molar-refractivity contribution in [3.8, 4) is 11.5 Å². The monoisotopic (exact) mass is 629 g/mol. The molecule has 38 heavy (non-hydrogen) atoms. The fraction of sp³-hybridized carbons (Fsp3) is 0.250. The van der Waals surface area contributed by atoms with E-state index >= 15 is 0 Å². The minimum atomic E-state index is -0.898. The van der Waals surface area contributed by atoms with Gasteiger partial charge < -0.3 is 20.5 Å². The van der Waals surface area contributed by atoms with Crippen molar-refractivity contribution in [3.05, 3.63) is 89.0 Å². The highest BCUT2D eigenvalue weighted by Crippen LogP contribution is 2.33. The Kier molecular flexibility index (Phi) is 10.3. The molecule has 0 spiro atoms. The predicted molar refractivity (Wildman–Crippen MR) is 157 cm³/mol. The minimum absolute atomic E-state index is 0.0533. The quantitative estimate of drug-likeness (QED) is 0.0685. The third-order valence-corrected chi connectivity index (χ3v) is 6.26. The first kappa shape index (κ1) is 28.8. The number of nitrogen functional groups attached to an aromatic ring is 1. The lowest BCUT2D eigenvalue weighted by Crippen LogP contribution is -2.45. The molecule has 0 saturated carbocycles. The standard InChI is InChI=1S/C28H32IN5O4/c1-4-37-24-15-19(11-14-23(24)38-17(2)3)25(32-21-12-9-18(10-13-21)26(30)31)28(36)34-33-27(35)22-8-6-5-7-20(22)16-29/h5-15,17,25,32H,4,16H2,1-3H3,(H3,30,31)(H,33,35)(H,34,36). The van der Waals surface area contributed by atoms with Gasteiger partial charge in [0.2, 0.25) is 0 Å². The molecule has 1 unspecified atom stereocenters. The van der Waals surface area contributed by atoms with Crippen LogP contribution in [0.3, 0.4) is 0 Å². The molecule has 0 saturated heterocycles. The number of amidine groups is 1. The van der Waals surface area contributed by atoms with Gasteiger partial charge in [0.25, 0.3) is 11.8 Å². The molecule has 200 valence electrons. The van der Waals surface area contributed by atoms with Crippen molar-refractivity contribution in [1.82, 2.24) is 10.9 Å². The molecule has 1 atom stereocenters. The van der Waals surface area contributed by atoms with Crippen LogP contribution < -0.4 is 31.4 Å². The van der Waals surface area contributed by atoms with Gasteiger partial charge in [-0.25, -0.2) is 0 Å². The van der Waals surface area contributed by atoms with E-state index in [0.717, 1.165) is 5.56 Å². The number of rotatable bonds is 11. The molecule has 3 rings (SSSR count). The molecular formula is C28H32IN5O4. The maximum Gasteiger partial charge on any atom is 0.269 e. The Morgan fingerprint density at radius 2 is 1.71 bits per heavy atom. The number of carbonyl (C=O) groups is 2. The second-order valence-corrected chi connectivity index (χ2v) is 9.37. The average molecular weight is 629 g/mol. The molecule has 6 N–H and O–H groups in total. The van der Waals surface area contributed by atoms with Crippen molar-refractivity contribution >= 4 is 45.9 Å². The van der Waals surface area contributed by atoms with Crippen LogP contribution in [0, 0.1) is 5.41 Å². The first-order valence-electron chi connectivity index (χ1n) is 12.1. The topological polar surface area (TPSA) is 139 Å². The van der Waals surface area contributed by atoms with Crippen LogP contribution >= 0.6 is 22.6 Å². The maximum absolute atomic E-state index is 13.4. The van der Waals surface area contributed by atoms with Crippen molar-refractivity contribution in [2.45, 2.75) is 37.3 Å². The zero-order chi connectivity index (χ0) is 27.7. The lowest BCUT2D eigenvalue weighted by molar-refractivity contribution is -0.122. The zero-order valence-electron chi connectivity index (χ0n) is 21.5. The first-order valence-corrected chi connectivity index (χ1v) is 13.6. The van der Waals surface area contributed by atoms with Crippen LogP contribution in [0.2, 0.25) is 0 Å². The van der Waals surface area contributed by atoms with Crippen molar-refractivity contribution in [2.24, 2.45) is 5.73 Å². The van der Waals surface area contributed by atoms with Crippen LogP contribution in [-0.4, -0.2) is 30.4 Å². The number of carbonyl (C=O) groups excluding carboxylic acids is 2. The molecule has 3 aromatic carbocycles. The number of hydrazine groups is 1. The van der Waals surface area contributed by atoms with E-state index in [9.17, 15) is 9.59 Å². The molecule has 0 aliphatic heterocycles. The normalized spacial score (nSPS) is 11.4. The van der Waals surface area contributed by atoms with E-state index in [1.807, 2.05) is 32.9 Å². The van der Waals surface area contributed by atoms with E-state index in [2.05, 4.69) is 38.8 Å². The largest absolute Gasteiger partial charge is 0.490 e. The molecule has 9 nitrogen and oxygen atoms in total. The molecule has 0 fully saturated rings. The van der Waals surface area contributed by atoms with E-state index in [-0.39, 0.29) is 11.9 Å². The molecule has 0 bridgehead atoms. The summed E-state index contributed by atoms with van der Waals surface area (Å²) in [4.78, 5) is 26.2. The van der Waals surface area contributed by atoms with Gasteiger partial charge in [0.1, 0.15) is 11.9 Å². The van der Waals surface area contributed by atoms with Gasteiger partial charge in [-0.05, 0) is 74.4 Å². The van der Waals surface area contributed by atoms with Crippen LogP contribution in [0.5, 0.6) is 11.5 Å². The summed E-state index contributed by atoms with van der Waals surface area (Å²) in [5.41, 5.74) is 13.8. The Labute approximate surface area is 236 Å². The Morgan fingerprint density at radius 3 is 2.34 bits per heavy atom. The molecule has 0 aliphatic carbocycles. The summed E-state index contributed by atoms with van der Waals surface area (Å²) in [5.74, 6) is 0.124. The highest BCUT2D eigenvalue weighted by molar-refractivity contribution is 14.1. The van der Waals surface area contributed by atoms with Crippen molar-refractivity contribution in [3.63, 3.8) is 0 Å². The number of nitrogens with two attached hydrogens (primary N) is 1. The van der Waals surface area contributed by atoms with E-state index in [1.165, 1.54) is 0 Å². The molecular weight excluding hydrogens is 597 g/mol. The Balaban J connectivity index is 1.90. The summed E-state index contributed by atoms with van der Waals surface area (Å²) in [6, 6.07) is 18.4. The number of ether oxygens (including phenoxy) is 2. The van der Waals surface area contributed by atoms with E-state index < -0.39 is 17.9 Å². The summed E-state index contributed by atoms with van der Waals surface area (Å²) in [5, 5.41) is 10.8. The molecule has 0 aliphatic rings. The number of alkyl halides is 1. The van der Waals surface area contributed by atoms with Crippen LogP contribution in [0.25, 0.3) is 0 Å². The fourth-order valence-electron chi connectivity index (χ4n) is 3.65. The summed E-state index contributed by atoms with van der Waals surface area (Å²) in [6.45, 7) is 6.13. The van der Waals surface area contributed by atoms with Gasteiger partial charge in [-0.15, -0.1) is 0 Å². The molecule has 2 amide bonds. The Bertz CT molecular complexity index is 1280. The number of nitrogens with one attached hydrogen (secondary N) is 4. The van der Waals surface area contributed by atoms with Gasteiger partial charge in [0, 0.05) is 21.2 Å². The Morgan fingerprint density at radius 1 is 1.00 bits per heavy atom. The van der Waals surface area contributed by atoms with Crippen LogP contribution in [-0.2, 0) is 9.22 Å². The average Bonchev–Trinajstić information content (AvgIpc) is 2.91. The second kappa shape index (κ2) is 13.7. The van der Waals surface area contributed by atoms with Gasteiger partial charge in [0.15, 0.2) is 11.5 Å². The Hall–Kier alpha value is -3.80. The molecule has 0 aromatic heterocycles. The molecule has 10 heteroatoms. The van der Waals surface area contributed by atoms with E-state index in [4.69, 9.17) is 20.6 Å². The minimum Gasteiger partial charge on any atom is -0.490 e. The number of anilines is 1. The van der Waals surface area contributed by atoms with Gasteiger partial charge in [-0.2, -0.15) is 0 Å². The summed E-state index contributed by atoms with van der Waals surface area (Å²) < 4.78 is 12.3. The number of benzene rings is 3. The van der Waals surface area contributed by atoms with Gasteiger partial charge in [-0.3, -0.25) is 25.8 Å². The highest BCUT2D eigenvalue weighted by Gasteiger charge is 2.24. The van der Waals surface area contributed by atoms with Crippen LogP contribution in [0.1, 0.15) is 53.9 Å². The number of hydrogen-bond acceptors (Lipinski definition) is 6. The zero-order valence-corrected chi connectivity index (χ0v) is 23.7. The summed E-state index contributed by atoms with van der Waals surface area (Å²) in [7, 11) is 0. The maximum atomic E-state index is 13.4. The molecule has 3 aromatic rings. The highest BCUT2D eigenvalue weighted by atomic mass is 127. The predicted octanol–water partition coefficient (Wildman–Crippen LogP) is 4.71. The van der Waals surface area contributed by atoms with Crippen LogP contribution in [0.4, 0.5) is 5.69 Å². The van der Waals surface area contributed by atoms with Crippen molar-refractivity contribution in [1.29, 1.82) is 5.41 Å². The first-order chi connectivity index (χ1) is 18.2. The summed E-state index contributed by atoms with van der Waals surface area (Å²) in [6.07, 6.45) is -0.0577. The van der Waals surface area contributed by atoms with Crippen molar-refractivity contribution in [2.75, 3.05) is 11.9 Å². The lowest BCUT2D eigenvalue weighted by Gasteiger charge is -2.22. The van der Waals surface area contributed by atoms with E-state index in [1.54, 1.807) is 54.6 Å². The fourth-order valence-corrected chi connectivity index (χ4v) is 4.32.